The van der Waals surface area contributed by atoms with Crippen LogP contribution in [0.3, 0.4) is 0 Å². The van der Waals surface area contributed by atoms with E-state index < -0.39 is 0 Å². The average Bonchev–Trinajstić information content (AvgIpc) is 2.19. The predicted octanol–water partition coefficient (Wildman–Crippen LogP) is -0.286. The van der Waals surface area contributed by atoms with Crippen molar-refractivity contribution in [1.82, 2.24) is 4.90 Å². The molecule has 16 heavy (non-hydrogen) atoms. The number of piperazine rings is 1. The quantitative estimate of drug-likeness (QED) is 0.517. The Morgan fingerprint density at radius 3 is 2.31 bits per heavy atom. The van der Waals surface area contributed by atoms with Crippen LogP contribution < -0.4 is 0 Å². The van der Waals surface area contributed by atoms with E-state index in [1.807, 2.05) is 6.92 Å². The second kappa shape index (κ2) is 5.45. The zero-order valence-electron chi connectivity index (χ0n) is 10.6. The maximum Gasteiger partial charge on any atom is 0.152 e. The first-order chi connectivity index (χ1) is 7.13. The summed E-state index contributed by atoms with van der Waals surface area (Å²) in [5.41, 5.74) is 0. The summed E-state index contributed by atoms with van der Waals surface area (Å²) in [4.78, 5) is 2.35. The highest BCUT2D eigenvalue weighted by Gasteiger charge is 2.44. The van der Waals surface area contributed by atoms with E-state index in [9.17, 15) is 10.2 Å². The molecule has 0 saturated carbocycles. The molecule has 0 radical (unpaired) electrons. The Bertz CT molecular complexity index is 207. The number of aliphatic hydroxyl groups excluding tert-OH is 2. The van der Waals surface area contributed by atoms with Crippen LogP contribution in [0.2, 0.25) is 0 Å². The molecule has 2 aliphatic rings. The Labute approximate surface area is 99.1 Å². The fourth-order valence-electron chi connectivity index (χ4n) is 2.75. The largest absolute Gasteiger partial charge is 0.392 e. The SMILES string of the molecule is CCC(O)CN1CC[N+]2(CC1)CC(O)C2.[CH3-]. The highest BCUT2D eigenvalue weighted by atomic mass is 16.3. The molecular weight excluding hydrogens is 204 g/mol. The van der Waals surface area contributed by atoms with E-state index >= 15 is 0 Å². The molecule has 2 fully saturated rings. The Balaban J connectivity index is 0.00000128. The maximum atomic E-state index is 9.57. The van der Waals surface area contributed by atoms with Crippen LogP contribution in [-0.4, -0.2) is 77.6 Å². The first kappa shape index (κ1) is 13.9. The van der Waals surface area contributed by atoms with E-state index in [1.165, 1.54) is 0 Å². The van der Waals surface area contributed by atoms with Crippen LogP contribution in [0.15, 0.2) is 0 Å². The van der Waals surface area contributed by atoms with E-state index in [1.54, 1.807) is 0 Å². The number of nitrogens with zero attached hydrogens (tertiary/aromatic N) is 2. The third kappa shape index (κ3) is 2.94. The number of β-amino-alcohol motifs (C(OH)–C–C–N with tert-alkyl or cyclic N) is 1. The fourth-order valence-corrected chi connectivity index (χ4v) is 2.75. The van der Waals surface area contributed by atoms with Crippen LogP contribution in [0.5, 0.6) is 0 Å². The van der Waals surface area contributed by atoms with Gasteiger partial charge in [0.15, 0.2) is 6.10 Å². The van der Waals surface area contributed by atoms with E-state index in [2.05, 4.69) is 4.90 Å². The molecule has 0 aromatic rings. The number of hydrogen-bond donors (Lipinski definition) is 2. The van der Waals surface area contributed by atoms with Crippen molar-refractivity contribution in [1.29, 1.82) is 0 Å². The molecule has 4 heteroatoms. The van der Waals surface area contributed by atoms with Crippen molar-refractivity contribution >= 4 is 0 Å². The van der Waals surface area contributed by atoms with Gasteiger partial charge in [0.2, 0.25) is 0 Å². The standard InChI is InChI=1S/C11H23N2O2.CH3/c1-2-10(14)7-12-3-5-13(6-4-12)8-11(15)9-13;/h10-11,14-15H,2-9H2,1H3;1H3/q+1;-1. The Morgan fingerprint density at radius 2 is 1.88 bits per heavy atom. The van der Waals surface area contributed by atoms with Gasteiger partial charge in [-0.05, 0) is 6.42 Å². The monoisotopic (exact) mass is 230 g/mol. The molecule has 0 bridgehead atoms. The lowest BCUT2D eigenvalue weighted by Crippen LogP contribution is -2.72. The molecule has 0 amide bonds. The van der Waals surface area contributed by atoms with E-state index in [-0.39, 0.29) is 19.6 Å². The number of hydrogen-bond acceptors (Lipinski definition) is 3. The Kier molecular flexibility index (Phi) is 4.73. The van der Waals surface area contributed by atoms with E-state index in [0.717, 1.165) is 56.7 Å². The smallest absolute Gasteiger partial charge is 0.152 e. The molecule has 2 aliphatic heterocycles. The normalized spacial score (nSPS) is 27.2. The molecule has 4 nitrogen and oxygen atoms in total. The van der Waals surface area contributed by atoms with E-state index in [4.69, 9.17) is 0 Å². The van der Waals surface area contributed by atoms with Crippen molar-refractivity contribution in [2.24, 2.45) is 0 Å². The van der Waals surface area contributed by atoms with Gasteiger partial charge in [-0.15, -0.1) is 0 Å². The minimum Gasteiger partial charge on any atom is -0.392 e. The maximum absolute atomic E-state index is 9.57. The fraction of sp³-hybridized carbons (Fsp3) is 0.917. The molecule has 2 N–H and O–H groups in total. The summed E-state index contributed by atoms with van der Waals surface area (Å²) in [6.45, 7) is 9.18. The molecule has 1 atom stereocenters. The van der Waals surface area contributed by atoms with Gasteiger partial charge in [-0.2, -0.15) is 0 Å². The molecule has 1 unspecified atom stereocenters. The van der Waals surface area contributed by atoms with Crippen LogP contribution in [0, 0.1) is 7.43 Å². The lowest BCUT2D eigenvalue weighted by Gasteiger charge is -2.52. The molecule has 1 spiro atoms. The highest BCUT2D eigenvalue weighted by molar-refractivity contribution is 4.74. The van der Waals surface area contributed by atoms with Crippen LogP contribution in [-0.2, 0) is 0 Å². The van der Waals surface area contributed by atoms with E-state index in [0.29, 0.717) is 0 Å². The zero-order chi connectivity index (χ0) is 10.9. The minimum atomic E-state index is -0.168. The summed E-state index contributed by atoms with van der Waals surface area (Å²) in [7, 11) is 0. The topological polar surface area (TPSA) is 43.7 Å². The predicted molar refractivity (Wildman–Crippen MR) is 64.9 cm³/mol. The van der Waals surface area contributed by atoms with Gasteiger partial charge in [0.1, 0.15) is 13.1 Å². The number of rotatable bonds is 3. The van der Waals surface area contributed by atoms with Gasteiger partial charge in [-0.25, -0.2) is 0 Å². The van der Waals surface area contributed by atoms with Gasteiger partial charge in [0.05, 0.1) is 19.2 Å². The lowest BCUT2D eigenvalue weighted by molar-refractivity contribution is -0.975. The van der Waals surface area contributed by atoms with Gasteiger partial charge >= 0.3 is 0 Å². The second-order valence-electron chi connectivity index (χ2n) is 5.17. The van der Waals surface area contributed by atoms with Crippen molar-refractivity contribution in [2.75, 3.05) is 45.8 Å². The van der Waals surface area contributed by atoms with Crippen molar-refractivity contribution in [3.8, 4) is 0 Å². The van der Waals surface area contributed by atoms with Gasteiger partial charge in [0, 0.05) is 19.6 Å². The minimum absolute atomic E-state index is 0. The van der Waals surface area contributed by atoms with Crippen LogP contribution >= 0.6 is 0 Å². The third-order valence-corrected chi connectivity index (χ3v) is 3.92. The Hall–Kier alpha value is -0.160. The molecule has 2 rings (SSSR count). The van der Waals surface area contributed by atoms with Crippen molar-refractivity contribution in [2.45, 2.75) is 25.6 Å². The summed E-state index contributed by atoms with van der Waals surface area (Å²) in [6, 6.07) is 0. The van der Waals surface area contributed by atoms with Gasteiger partial charge < -0.3 is 22.1 Å². The molecule has 0 aromatic heterocycles. The van der Waals surface area contributed by atoms with Gasteiger partial charge in [-0.1, -0.05) is 6.92 Å². The molecular formula is C12H26N2O2. The summed E-state index contributed by atoms with van der Waals surface area (Å²) in [5, 5.41) is 18.9. The number of quaternary nitrogens is 1. The molecule has 2 saturated heterocycles. The van der Waals surface area contributed by atoms with Gasteiger partial charge in [0.25, 0.3) is 0 Å². The average molecular weight is 230 g/mol. The summed E-state index contributed by atoms with van der Waals surface area (Å²) >= 11 is 0. The van der Waals surface area contributed by atoms with Crippen LogP contribution in [0.4, 0.5) is 0 Å². The molecule has 96 valence electrons. The third-order valence-electron chi connectivity index (χ3n) is 3.92. The molecule has 0 aromatic carbocycles. The summed E-state index contributed by atoms with van der Waals surface area (Å²) in [5.74, 6) is 0. The lowest BCUT2D eigenvalue weighted by atomic mass is 10.0. The van der Waals surface area contributed by atoms with Crippen LogP contribution in [0.1, 0.15) is 13.3 Å². The molecule has 0 aliphatic carbocycles. The first-order valence-electron chi connectivity index (χ1n) is 6.07. The number of aliphatic hydroxyl groups is 2. The Morgan fingerprint density at radius 1 is 1.31 bits per heavy atom. The first-order valence-corrected chi connectivity index (χ1v) is 6.07. The van der Waals surface area contributed by atoms with Crippen molar-refractivity contribution < 1.29 is 14.7 Å². The summed E-state index contributed by atoms with van der Waals surface area (Å²) < 4.78 is 1.11. The summed E-state index contributed by atoms with van der Waals surface area (Å²) in [6.07, 6.45) is 0.617. The zero-order valence-corrected chi connectivity index (χ0v) is 10.6. The van der Waals surface area contributed by atoms with Crippen molar-refractivity contribution in [3.05, 3.63) is 7.43 Å². The van der Waals surface area contributed by atoms with Crippen LogP contribution in [0.25, 0.3) is 0 Å². The molecule has 2 heterocycles. The second-order valence-corrected chi connectivity index (χ2v) is 5.17. The highest BCUT2D eigenvalue weighted by Crippen LogP contribution is 2.23. The van der Waals surface area contributed by atoms with Crippen molar-refractivity contribution in [3.63, 3.8) is 0 Å². The van der Waals surface area contributed by atoms with Gasteiger partial charge in [-0.3, -0.25) is 4.90 Å².